The number of aryl methyl sites for hydroxylation is 1. The summed E-state index contributed by atoms with van der Waals surface area (Å²) in [5, 5.41) is 15.7. The van der Waals surface area contributed by atoms with Crippen LogP contribution in [0.5, 0.6) is 0 Å². The standard InChI is InChI=1S/C22H24N6/c1-4-28(5-2)18-10-11-19(16(3)14-18)25-21-12-13-24-22(27-21)26-20-9-7-6-8-17(20)15-23/h6-14H,4-5H2,1-3H3,(H2,24,25,26,27). The predicted octanol–water partition coefficient (Wildman–Crippen LogP) is 4.99. The molecule has 2 aromatic carbocycles. The Morgan fingerprint density at radius 1 is 1.00 bits per heavy atom. The van der Waals surface area contributed by atoms with Gasteiger partial charge in [0.25, 0.3) is 0 Å². The van der Waals surface area contributed by atoms with Crippen molar-refractivity contribution < 1.29 is 0 Å². The van der Waals surface area contributed by atoms with Crippen LogP contribution in [0.25, 0.3) is 0 Å². The van der Waals surface area contributed by atoms with E-state index in [1.54, 1.807) is 12.3 Å². The summed E-state index contributed by atoms with van der Waals surface area (Å²) in [4.78, 5) is 11.1. The smallest absolute Gasteiger partial charge is 0.229 e. The molecule has 0 bridgehead atoms. The lowest BCUT2D eigenvalue weighted by atomic mass is 10.1. The van der Waals surface area contributed by atoms with Crippen LogP contribution in [-0.2, 0) is 0 Å². The molecular weight excluding hydrogens is 348 g/mol. The van der Waals surface area contributed by atoms with E-state index in [0.717, 1.165) is 24.3 Å². The average molecular weight is 372 g/mol. The highest BCUT2D eigenvalue weighted by atomic mass is 15.1. The van der Waals surface area contributed by atoms with E-state index in [0.29, 0.717) is 23.0 Å². The minimum Gasteiger partial charge on any atom is -0.372 e. The van der Waals surface area contributed by atoms with Crippen molar-refractivity contribution in [3.63, 3.8) is 0 Å². The van der Waals surface area contributed by atoms with Gasteiger partial charge >= 0.3 is 0 Å². The highest BCUT2D eigenvalue weighted by Crippen LogP contribution is 2.25. The molecule has 2 N–H and O–H groups in total. The van der Waals surface area contributed by atoms with Crippen molar-refractivity contribution in [3.05, 3.63) is 65.9 Å². The third-order valence-electron chi connectivity index (χ3n) is 4.55. The van der Waals surface area contributed by atoms with E-state index in [1.165, 1.54) is 5.69 Å². The molecule has 1 aromatic heterocycles. The highest BCUT2D eigenvalue weighted by Gasteiger charge is 2.08. The monoisotopic (exact) mass is 372 g/mol. The first-order valence-electron chi connectivity index (χ1n) is 9.36. The van der Waals surface area contributed by atoms with Gasteiger partial charge in [-0.1, -0.05) is 12.1 Å². The minimum absolute atomic E-state index is 0.435. The molecule has 1 heterocycles. The van der Waals surface area contributed by atoms with E-state index < -0.39 is 0 Å². The summed E-state index contributed by atoms with van der Waals surface area (Å²) >= 11 is 0. The third-order valence-corrected chi connectivity index (χ3v) is 4.55. The van der Waals surface area contributed by atoms with E-state index >= 15 is 0 Å². The fourth-order valence-electron chi connectivity index (χ4n) is 3.01. The predicted molar refractivity (Wildman–Crippen MR) is 114 cm³/mol. The van der Waals surface area contributed by atoms with Crippen molar-refractivity contribution >= 4 is 28.8 Å². The van der Waals surface area contributed by atoms with Crippen molar-refractivity contribution in [2.75, 3.05) is 28.6 Å². The second kappa shape index (κ2) is 8.87. The minimum atomic E-state index is 0.435. The molecule has 0 saturated carbocycles. The van der Waals surface area contributed by atoms with E-state index in [-0.39, 0.29) is 0 Å². The molecule has 0 amide bonds. The molecule has 3 rings (SSSR count). The van der Waals surface area contributed by atoms with Crippen LogP contribution in [0.2, 0.25) is 0 Å². The number of nitrogens with one attached hydrogen (secondary N) is 2. The SMILES string of the molecule is CCN(CC)c1ccc(Nc2ccnc(Nc3ccccc3C#N)n2)c(C)c1. The first-order valence-corrected chi connectivity index (χ1v) is 9.36. The molecule has 6 nitrogen and oxygen atoms in total. The van der Waals surface area contributed by atoms with Gasteiger partial charge in [0.2, 0.25) is 5.95 Å². The second-order valence-electron chi connectivity index (χ2n) is 6.34. The number of benzene rings is 2. The maximum absolute atomic E-state index is 9.23. The zero-order valence-corrected chi connectivity index (χ0v) is 16.4. The Labute approximate surface area is 165 Å². The maximum Gasteiger partial charge on any atom is 0.229 e. The lowest BCUT2D eigenvalue weighted by molar-refractivity contribution is 0.866. The molecule has 0 aliphatic rings. The van der Waals surface area contributed by atoms with Crippen LogP contribution in [0, 0.1) is 18.3 Å². The van der Waals surface area contributed by atoms with Crippen LogP contribution in [0.1, 0.15) is 25.0 Å². The van der Waals surface area contributed by atoms with E-state index in [1.807, 2.05) is 24.3 Å². The summed E-state index contributed by atoms with van der Waals surface area (Å²) in [6, 6.07) is 17.6. The zero-order chi connectivity index (χ0) is 19.9. The lowest BCUT2D eigenvalue weighted by Crippen LogP contribution is -2.21. The summed E-state index contributed by atoms with van der Waals surface area (Å²) in [5.74, 6) is 1.12. The van der Waals surface area contributed by atoms with Gasteiger partial charge in [0.05, 0.1) is 11.3 Å². The molecule has 142 valence electrons. The summed E-state index contributed by atoms with van der Waals surface area (Å²) in [6.07, 6.45) is 1.69. The van der Waals surface area contributed by atoms with Gasteiger partial charge in [-0.25, -0.2) is 4.98 Å². The molecule has 0 aliphatic heterocycles. The number of hydrogen-bond acceptors (Lipinski definition) is 6. The summed E-state index contributed by atoms with van der Waals surface area (Å²) in [5.41, 5.74) is 4.59. The Morgan fingerprint density at radius 3 is 2.50 bits per heavy atom. The molecule has 6 heteroatoms. The molecule has 0 fully saturated rings. The van der Waals surface area contributed by atoms with Gasteiger partial charge in [0.15, 0.2) is 0 Å². The van der Waals surface area contributed by atoms with Crippen LogP contribution in [0.3, 0.4) is 0 Å². The lowest BCUT2D eigenvalue weighted by Gasteiger charge is -2.22. The fourth-order valence-corrected chi connectivity index (χ4v) is 3.01. The molecule has 28 heavy (non-hydrogen) atoms. The van der Waals surface area contributed by atoms with Gasteiger partial charge < -0.3 is 15.5 Å². The number of para-hydroxylation sites is 1. The van der Waals surface area contributed by atoms with E-state index in [2.05, 4.69) is 70.5 Å². The molecular formula is C22H24N6. The van der Waals surface area contributed by atoms with Crippen molar-refractivity contribution in [3.8, 4) is 6.07 Å². The maximum atomic E-state index is 9.23. The first-order chi connectivity index (χ1) is 13.6. The number of anilines is 5. The number of hydrogen-bond donors (Lipinski definition) is 2. The largest absolute Gasteiger partial charge is 0.372 e. The topological polar surface area (TPSA) is 76.9 Å². The Kier molecular flexibility index (Phi) is 6.07. The number of aromatic nitrogens is 2. The Hall–Kier alpha value is -3.59. The first kappa shape index (κ1) is 19.2. The average Bonchev–Trinajstić information content (AvgIpc) is 2.71. The Bertz CT molecular complexity index is 988. The van der Waals surface area contributed by atoms with Crippen LogP contribution < -0.4 is 15.5 Å². The normalized spacial score (nSPS) is 10.2. The molecule has 0 radical (unpaired) electrons. The van der Waals surface area contributed by atoms with Gasteiger partial charge in [-0.15, -0.1) is 0 Å². The number of nitriles is 1. The summed E-state index contributed by atoms with van der Waals surface area (Å²) in [7, 11) is 0. The summed E-state index contributed by atoms with van der Waals surface area (Å²) in [6.45, 7) is 8.36. The molecule has 0 aliphatic carbocycles. The molecule has 0 spiro atoms. The highest BCUT2D eigenvalue weighted by molar-refractivity contribution is 5.67. The van der Waals surface area contributed by atoms with E-state index in [4.69, 9.17) is 0 Å². The molecule has 0 atom stereocenters. The zero-order valence-electron chi connectivity index (χ0n) is 16.4. The quantitative estimate of drug-likeness (QED) is 0.608. The third kappa shape index (κ3) is 4.38. The van der Waals surface area contributed by atoms with Crippen LogP contribution in [0.4, 0.5) is 28.8 Å². The summed E-state index contributed by atoms with van der Waals surface area (Å²) < 4.78 is 0. The Balaban J connectivity index is 1.79. The van der Waals surface area contributed by atoms with Gasteiger partial charge in [0.1, 0.15) is 11.9 Å². The molecule has 0 saturated heterocycles. The molecule has 3 aromatic rings. The van der Waals surface area contributed by atoms with Crippen molar-refractivity contribution in [2.45, 2.75) is 20.8 Å². The van der Waals surface area contributed by atoms with Gasteiger partial charge in [-0.2, -0.15) is 10.2 Å². The van der Waals surface area contributed by atoms with Crippen LogP contribution >= 0.6 is 0 Å². The van der Waals surface area contributed by atoms with E-state index in [9.17, 15) is 5.26 Å². The number of rotatable bonds is 7. The second-order valence-corrected chi connectivity index (χ2v) is 6.34. The Morgan fingerprint density at radius 2 is 1.79 bits per heavy atom. The fraction of sp³-hybridized carbons (Fsp3) is 0.227. The number of nitrogens with zero attached hydrogens (tertiary/aromatic N) is 4. The van der Waals surface area contributed by atoms with Crippen LogP contribution in [-0.4, -0.2) is 23.1 Å². The van der Waals surface area contributed by atoms with Crippen LogP contribution in [0.15, 0.2) is 54.7 Å². The van der Waals surface area contributed by atoms with Crippen molar-refractivity contribution in [1.29, 1.82) is 5.26 Å². The van der Waals surface area contributed by atoms with Crippen molar-refractivity contribution in [1.82, 2.24) is 9.97 Å². The van der Waals surface area contributed by atoms with Gasteiger partial charge in [0, 0.05) is 30.7 Å². The van der Waals surface area contributed by atoms with Gasteiger partial charge in [-0.3, -0.25) is 0 Å². The molecule has 0 unspecified atom stereocenters. The van der Waals surface area contributed by atoms with Gasteiger partial charge in [-0.05, 0) is 62.7 Å². The van der Waals surface area contributed by atoms with Crippen molar-refractivity contribution in [2.24, 2.45) is 0 Å².